The maximum absolute atomic E-state index is 14.4. The number of halogens is 4. The molecule has 0 saturated carbocycles. The highest BCUT2D eigenvalue weighted by atomic mass is 19.4. The van der Waals surface area contributed by atoms with Crippen molar-refractivity contribution in [3.8, 4) is 22.8 Å². The van der Waals surface area contributed by atoms with Crippen LogP contribution >= 0.6 is 0 Å². The van der Waals surface area contributed by atoms with Crippen LogP contribution in [0.1, 0.15) is 39.2 Å². The van der Waals surface area contributed by atoms with E-state index in [9.17, 15) is 27.5 Å². The SMILES string of the molecule is Cc1cc(OCCCn2cncn2)ccc1CCc1ccc(F)cc1-c1cccc(-n2ncc(C(=O)O)c2C(F)(F)F)n1. The van der Waals surface area contributed by atoms with E-state index in [1.807, 2.05) is 25.1 Å². The number of benzene rings is 2. The number of hydrogen-bond donors (Lipinski definition) is 1. The number of carboxylic acids is 1. The predicted molar refractivity (Wildman–Crippen MR) is 147 cm³/mol. The monoisotopic (exact) mass is 594 g/mol. The molecule has 0 aliphatic rings. The number of carboxylic acid groups (broad SMARTS) is 1. The second kappa shape index (κ2) is 12.4. The van der Waals surface area contributed by atoms with Crippen LogP contribution in [0, 0.1) is 12.7 Å². The molecule has 0 atom stereocenters. The summed E-state index contributed by atoms with van der Waals surface area (Å²) in [5.74, 6) is -1.80. The maximum atomic E-state index is 14.4. The Bertz CT molecular complexity index is 1730. The van der Waals surface area contributed by atoms with Crippen LogP contribution in [0.2, 0.25) is 0 Å². The smallest absolute Gasteiger partial charge is 0.434 e. The van der Waals surface area contributed by atoms with E-state index in [2.05, 4.69) is 20.2 Å². The first-order valence-corrected chi connectivity index (χ1v) is 13.3. The quantitative estimate of drug-likeness (QED) is 0.149. The Balaban J connectivity index is 1.33. The van der Waals surface area contributed by atoms with Crippen molar-refractivity contribution >= 4 is 5.97 Å². The first kappa shape index (κ1) is 29.4. The summed E-state index contributed by atoms with van der Waals surface area (Å²) >= 11 is 0. The summed E-state index contributed by atoms with van der Waals surface area (Å²) in [5, 5.41) is 16.9. The van der Waals surface area contributed by atoms with E-state index in [1.54, 1.807) is 23.1 Å². The van der Waals surface area contributed by atoms with Crippen molar-refractivity contribution < 1.29 is 32.2 Å². The van der Waals surface area contributed by atoms with E-state index in [4.69, 9.17) is 4.74 Å². The van der Waals surface area contributed by atoms with E-state index in [1.165, 1.54) is 30.6 Å². The lowest BCUT2D eigenvalue weighted by Gasteiger charge is -2.14. The Hall–Kier alpha value is -5.07. The Morgan fingerprint density at radius 1 is 1.02 bits per heavy atom. The van der Waals surface area contributed by atoms with Crippen molar-refractivity contribution in [3.05, 3.63) is 107 Å². The van der Waals surface area contributed by atoms with Gasteiger partial charge in [-0.05, 0) is 72.9 Å². The molecule has 9 nitrogen and oxygen atoms in total. The van der Waals surface area contributed by atoms with Gasteiger partial charge in [-0.15, -0.1) is 0 Å². The second-order valence-electron chi connectivity index (χ2n) is 9.75. The molecule has 0 unspecified atom stereocenters. The van der Waals surface area contributed by atoms with Crippen LogP contribution in [-0.2, 0) is 25.6 Å². The largest absolute Gasteiger partial charge is 0.494 e. The zero-order valence-corrected chi connectivity index (χ0v) is 22.9. The van der Waals surface area contributed by atoms with E-state index in [0.717, 1.165) is 28.9 Å². The van der Waals surface area contributed by atoms with Gasteiger partial charge in [0, 0.05) is 18.5 Å². The van der Waals surface area contributed by atoms with Crippen LogP contribution in [0.3, 0.4) is 0 Å². The highest BCUT2D eigenvalue weighted by molar-refractivity contribution is 5.89. The standard InChI is InChI=1S/C30H26F4N6O3/c1-19-14-23(43-13-3-12-39-18-35-17-37-39)11-9-20(19)6-7-21-8-10-22(31)15-24(21)26-4-2-5-27(38-26)40-28(30(32,33)34)25(16-36-40)29(41)42/h2,4-5,8-11,14-18H,3,6-7,12-13H2,1H3,(H,41,42). The zero-order chi connectivity index (χ0) is 30.6. The van der Waals surface area contributed by atoms with Crippen molar-refractivity contribution in [3.63, 3.8) is 0 Å². The summed E-state index contributed by atoms with van der Waals surface area (Å²) in [6, 6.07) is 14.3. The molecule has 0 fully saturated rings. The number of ether oxygens (including phenoxy) is 1. The van der Waals surface area contributed by atoms with Gasteiger partial charge in [0.15, 0.2) is 11.5 Å². The molecule has 0 aliphatic carbocycles. The number of alkyl halides is 3. The summed E-state index contributed by atoms with van der Waals surface area (Å²) in [6.07, 6.45) is 0.643. The van der Waals surface area contributed by atoms with Crippen molar-refractivity contribution in [1.82, 2.24) is 29.5 Å². The van der Waals surface area contributed by atoms with Gasteiger partial charge in [0.2, 0.25) is 0 Å². The lowest BCUT2D eigenvalue weighted by molar-refractivity contribution is -0.143. The number of aromatic carboxylic acids is 1. The van der Waals surface area contributed by atoms with Crippen LogP contribution < -0.4 is 4.74 Å². The fraction of sp³-hybridized carbons (Fsp3) is 0.233. The molecule has 0 radical (unpaired) electrons. The number of nitrogens with zero attached hydrogens (tertiary/aromatic N) is 6. The van der Waals surface area contributed by atoms with E-state index in [0.29, 0.717) is 42.4 Å². The summed E-state index contributed by atoms with van der Waals surface area (Å²) in [4.78, 5) is 19.6. The predicted octanol–water partition coefficient (Wildman–Crippen LogP) is 5.94. The van der Waals surface area contributed by atoms with Gasteiger partial charge < -0.3 is 9.84 Å². The lowest BCUT2D eigenvalue weighted by Crippen LogP contribution is -2.18. The molecule has 5 aromatic rings. The Morgan fingerprint density at radius 2 is 1.81 bits per heavy atom. The van der Waals surface area contributed by atoms with Crippen LogP contribution in [0.25, 0.3) is 17.1 Å². The zero-order valence-electron chi connectivity index (χ0n) is 22.9. The van der Waals surface area contributed by atoms with Crippen molar-refractivity contribution in [2.24, 2.45) is 0 Å². The van der Waals surface area contributed by atoms with Gasteiger partial charge in [-0.2, -0.15) is 23.4 Å². The first-order valence-electron chi connectivity index (χ1n) is 13.3. The summed E-state index contributed by atoms with van der Waals surface area (Å²) < 4.78 is 63.7. The number of carbonyl (C=O) groups is 1. The number of rotatable bonds is 11. The van der Waals surface area contributed by atoms with Crippen molar-refractivity contribution in [1.29, 1.82) is 0 Å². The molecule has 1 N–H and O–H groups in total. The minimum absolute atomic E-state index is 0.221. The number of aromatic nitrogens is 6. The molecule has 13 heteroatoms. The highest BCUT2D eigenvalue weighted by Gasteiger charge is 2.41. The lowest BCUT2D eigenvalue weighted by atomic mass is 9.95. The minimum Gasteiger partial charge on any atom is -0.494 e. The molecule has 222 valence electrons. The summed E-state index contributed by atoms with van der Waals surface area (Å²) in [6.45, 7) is 3.19. The molecular weight excluding hydrogens is 568 g/mol. The Labute approximate surface area is 243 Å². The average Bonchev–Trinajstić information content (AvgIpc) is 3.66. The van der Waals surface area contributed by atoms with Gasteiger partial charge in [-0.3, -0.25) is 4.68 Å². The fourth-order valence-corrected chi connectivity index (χ4v) is 4.72. The van der Waals surface area contributed by atoms with E-state index in [-0.39, 0.29) is 11.5 Å². The first-order chi connectivity index (χ1) is 20.6. The molecule has 2 aromatic carbocycles. The van der Waals surface area contributed by atoms with Gasteiger partial charge >= 0.3 is 12.1 Å². The number of hydrogen-bond acceptors (Lipinski definition) is 6. The normalized spacial score (nSPS) is 11.6. The van der Waals surface area contributed by atoms with Gasteiger partial charge in [0.05, 0.1) is 18.5 Å². The molecule has 0 spiro atoms. The fourth-order valence-electron chi connectivity index (χ4n) is 4.72. The third-order valence-electron chi connectivity index (χ3n) is 6.81. The maximum Gasteiger partial charge on any atom is 0.434 e. The van der Waals surface area contributed by atoms with Gasteiger partial charge in [0.1, 0.15) is 29.8 Å². The summed E-state index contributed by atoms with van der Waals surface area (Å²) in [7, 11) is 0. The molecule has 0 bridgehead atoms. The highest BCUT2D eigenvalue weighted by Crippen LogP contribution is 2.34. The molecule has 0 amide bonds. The molecule has 3 aromatic heterocycles. The van der Waals surface area contributed by atoms with Gasteiger partial charge in [-0.25, -0.2) is 23.8 Å². The molecule has 0 saturated heterocycles. The van der Waals surface area contributed by atoms with E-state index < -0.39 is 29.2 Å². The summed E-state index contributed by atoms with van der Waals surface area (Å²) in [5.41, 5.74) is 0.989. The molecule has 0 aliphatic heterocycles. The third kappa shape index (κ3) is 6.88. The van der Waals surface area contributed by atoms with Gasteiger partial charge in [0.25, 0.3) is 0 Å². The minimum atomic E-state index is -5.00. The molecule has 5 rings (SSSR count). The topological polar surface area (TPSA) is 108 Å². The Morgan fingerprint density at radius 3 is 2.53 bits per heavy atom. The van der Waals surface area contributed by atoms with Crippen LogP contribution in [0.5, 0.6) is 5.75 Å². The van der Waals surface area contributed by atoms with E-state index >= 15 is 0 Å². The van der Waals surface area contributed by atoms with Crippen LogP contribution in [0.15, 0.2) is 73.4 Å². The van der Waals surface area contributed by atoms with Crippen molar-refractivity contribution in [2.75, 3.05) is 6.61 Å². The van der Waals surface area contributed by atoms with Crippen LogP contribution in [-0.4, -0.2) is 47.2 Å². The molecular formula is C30H26F4N6O3. The van der Waals surface area contributed by atoms with Crippen LogP contribution in [0.4, 0.5) is 17.6 Å². The Kier molecular flexibility index (Phi) is 8.51. The molecule has 43 heavy (non-hydrogen) atoms. The number of aryl methyl sites for hydroxylation is 4. The third-order valence-corrected chi connectivity index (χ3v) is 6.81. The molecule has 3 heterocycles. The number of pyridine rings is 1. The second-order valence-corrected chi connectivity index (χ2v) is 9.75. The average molecular weight is 595 g/mol. The van der Waals surface area contributed by atoms with Crippen molar-refractivity contribution in [2.45, 2.75) is 38.9 Å². The van der Waals surface area contributed by atoms with Gasteiger partial charge in [-0.1, -0.05) is 18.2 Å².